The monoisotopic (exact) mass is 441 g/mol. The summed E-state index contributed by atoms with van der Waals surface area (Å²) in [5.74, 6) is 0.228. The standard InChI is InChI=1S/C25H32FN3O3/c1-25(2,3)28-24(31)18-11-13-29(14-12-18)16-19-15-21(9-10-22(19)32-4)27-23(30)17-5-7-20(26)8-6-17/h5-10,15,18H,11-14,16H2,1-4H3,(H,27,30)(H,28,31). The van der Waals surface area contributed by atoms with E-state index in [0.717, 1.165) is 37.2 Å². The van der Waals surface area contributed by atoms with Crippen LogP contribution in [0.2, 0.25) is 0 Å². The van der Waals surface area contributed by atoms with Crippen molar-refractivity contribution in [2.24, 2.45) is 5.92 Å². The van der Waals surface area contributed by atoms with E-state index in [1.165, 1.54) is 24.3 Å². The third-order valence-electron chi connectivity index (χ3n) is 5.50. The summed E-state index contributed by atoms with van der Waals surface area (Å²) in [7, 11) is 1.62. The number of nitrogens with zero attached hydrogens (tertiary/aromatic N) is 1. The van der Waals surface area contributed by atoms with Gasteiger partial charge in [-0.05, 0) is 89.2 Å². The Balaban J connectivity index is 1.62. The summed E-state index contributed by atoms with van der Waals surface area (Å²) in [5, 5.41) is 5.94. The number of piperidine rings is 1. The first-order valence-electron chi connectivity index (χ1n) is 10.9. The Morgan fingerprint density at radius 3 is 2.34 bits per heavy atom. The molecule has 172 valence electrons. The first-order valence-corrected chi connectivity index (χ1v) is 10.9. The second-order valence-corrected chi connectivity index (χ2v) is 9.28. The largest absolute Gasteiger partial charge is 0.496 e. The molecule has 0 aromatic heterocycles. The van der Waals surface area contributed by atoms with Gasteiger partial charge in [0, 0.05) is 34.8 Å². The van der Waals surface area contributed by atoms with Crippen LogP contribution in [0.15, 0.2) is 42.5 Å². The third kappa shape index (κ3) is 6.53. The molecule has 0 radical (unpaired) electrons. The number of rotatable bonds is 6. The summed E-state index contributed by atoms with van der Waals surface area (Å²) >= 11 is 0. The first kappa shape index (κ1) is 23.7. The maximum atomic E-state index is 13.1. The molecule has 0 bridgehead atoms. The maximum absolute atomic E-state index is 13.1. The van der Waals surface area contributed by atoms with Crippen molar-refractivity contribution in [1.29, 1.82) is 0 Å². The molecular formula is C25H32FN3O3. The number of ether oxygens (including phenoxy) is 1. The van der Waals surface area contributed by atoms with E-state index in [1.807, 2.05) is 32.9 Å². The van der Waals surface area contributed by atoms with Gasteiger partial charge in [-0.3, -0.25) is 14.5 Å². The van der Waals surface area contributed by atoms with E-state index in [4.69, 9.17) is 4.74 Å². The van der Waals surface area contributed by atoms with Crippen LogP contribution in [0.5, 0.6) is 5.75 Å². The minimum absolute atomic E-state index is 0.0358. The molecule has 1 fully saturated rings. The van der Waals surface area contributed by atoms with Gasteiger partial charge in [-0.25, -0.2) is 4.39 Å². The lowest BCUT2D eigenvalue weighted by atomic mass is 9.94. The number of carbonyl (C=O) groups excluding carboxylic acids is 2. The molecule has 0 unspecified atom stereocenters. The van der Waals surface area contributed by atoms with E-state index in [1.54, 1.807) is 13.2 Å². The number of hydrogen-bond acceptors (Lipinski definition) is 4. The minimum atomic E-state index is -0.382. The normalized spacial score (nSPS) is 15.3. The van der Waals surface area contributed by atoms with Crippen LogP contribution < -0.4 is 15.4 Å². The molecule has 2 aromatic rings. The fourth-order valence-electron chi connectivity index (χ4n) is 3.85. The molecule has 2 aromatic carbocycles. The molecule has 1 saturated heterocycles. The zero-order valence-electron chi connectivity index (χ0n) is 19.2. The molecule has 0 aliphatic carbocycles. The van der Waals surface area contributed by atoms with Gasteiger partial charge in [0.05, 0.1) is 7.11 Å². The van der Waals surface area contributed by atoms with Crippen LogP contribution in [0, 0.1) is 11.7 Å². The van der Waals surface area contributed by atoms with Gasteiger partial charge in [-0.1, -0.05) is 0 Å². The van der Waals surface area contributed by atoms with Gasteiger partial charge in [0.1, 0.15) is 11.6 Å². The zero-order valence-corrected chi connectivity index (χ0v) is 19.2. The van der Waals surface area contributed by atoms with Crippen LogP contribution in [0.4, 0.5) is 10.1 Å². The van der Waals surface area contributed by atoms with Gasteiger partial charge in [0.25, 0.3) is 5.91 Å². The van der Waals surface area contributed by atoms with Gasteiger partial charge in [0.2, 0.25) is 5.91 Å². The predicted octanol–water partition coefficient (Wildman–Crippen LogP) is 4.21. The van der Waals surface area contributed by atoms with Crippen molar-refractivity contribution < 1.29 is 18.7 Å². The molecule has 6 nitrogen and oxygen atoms in total. The highest BCUT2D eigenvalue weighted by atomic mass is 19.1. The van der Waals surface area contributed by atoms with Crippen molar-refractivity contribution in [2.45, 2.75) is 45.7 Å². The summed E-state index contributed by atoms with van der Waals surface area (Å²) in [6, 6.07) is 11.0. The van der Waals surface area contributed by atoms with Crippen LogP contribution in [0.3, 0.4) is 0 Å². The second kappa shape index (κ2) is 10.1. The van der Waals surface area contributed by atoms with E-state index in [-0.39, 0.29) is 29.1 Å². The van der Waals surface area contributed by atoms with Crippen LogP contribution in [0.25, 0.3) is 0 Å². The molecule has 0 saturated carbocycles. The van der Waals surface area contributed by atoms with Crippen LogP contribution in [0.1, 0.15) is 49.5 Å². The molecular weight excluding hydrogens is 409 g/mol. The van der Waals surface area contributed by atoms with Crippen molar-refractivity contribution in [3.05, 3.63) is 59.4 Å². The highest BCUT2D eigenvalue weighted by Crippen LogP contribution is 2.27. The van der Waals surface area contributed by atoms with E-state index in [9.17, 15) is 14.0 Å². The Kier molecular flexibility index (Phi) is 7.51. The third-order valence-corrected chi connectivity index (χ3v) is 5.50. The lowest BCUT2D eigenvalue weighted by Crippen LogP contribution is -2.46. The van der Waals surface area contributed by atoms with Gasteiger partial charge >= 0.3 is 0 Å². The fraction of sp³-hybridized carbons (Fsp3) is 0.440. The molecule has 32 heavy (non-hydrogen) atoms. The van der Waals surface area contributed by atoms with Crippen molar-refractivity contribution in [2.75, 3.05) is 25.5 Å². The number of hydrogen-bond donors (Lipinski definition) is 2. The second-order valence-electron chi connectivity index (χ2n) is 9.28. The average molecular weight is 442 g/mol. The molecule has 7 heteroatoms. The number of methoxy groups -OCH3 is 1. The molecule has 2 amide bonds. The van der Waals surface area contributed by atoms with E-state index in [2.05, 4.69) is 15.5 Å². The minimum Gasteiger partial charge on any atom is -0.496 e. The Labute approximate surface area is 189 Å². The van der Waals surface area contributed by atoms with Gasteiger partial charge < -0.3 is 15.4 Å². The van der Waals surface area contributed by atoms with E-state index in [0.29, 0.717) is 17.8 Å². The smallest absolute Gasteiger partial charge is 0.255 e. The number of benzene rings is 2. The number of nitrogens with one attached hydrogen (secondary N) is 2. The predicted molar refractivity (Wildman–Crippen MR) is 123 cm³/mol. The number of halogens is 1. The van der Waals surface area contributed by atoms with Crippen molar-refractivity contribution in [3.8, 4) is 5.75 Å². The lowest BCUT2D eigenvalue weighted by Gasteiger charge is -2.33. The maximum Gasteiger partial charge on any atom is 0.255 e. The fourth-order valence-corrected chi connectivity index (χ4v) is 3.85. The van der Waals surface area contributed by atoms with Gasteiger partial charge in [0.15, 0.2) is 0 Å². The molecule has 0 spiro atoms. The molecule has 3 rings (SSSR count). The number of anilines is 1. The highest BCUT2D eigenvalue weighted by molar-refractivity contribution is 6.04. The van der Waals surface area contributed by atoms with Gasteiger partial charge in [-0.2, -0.15) is 0 Å². The number of likely N-dealkylation sites (tertiary alicyclic amines) is 1. The van der Waals surface area contributed by atoms with Crippen molar-refractivity contribution in [1.82, 2.24) is 10.2 Å². The Bertz CT molecular complexity index is 946. The van der Waals surface area contributed by atoms with Crippen LogP contribution in [-0.2, 0) is 11.3 Å². The van der Waals surface area contributed by atoms with Crippen molar-refractivity contribution >= 4 is 17.5 Å². The summed E-state index contributed by atoms with van der Waals surface area (Å²) in [5.41, 5.74) is 1.77. The van der Waals surface area contributed by atoms with Crippen LogP contribution in [-0.4, -0.2) is 42.5 Å². The van der Waals surface area contributed by atoms with Crippen LogP contribution >= 0.6 is 0 Å². The van der Waals surface area contributed by atoms with Gasteiger partial charge in [-0.15, -0.1) is 0 Å². The summed E-state index contributed by atoms with van der Waals surface area (Å²) in [6.07, 6.45) is 1.62. The Morgan fingerprint density at radius 2 is 1.75 bits per heavy atom. The number of carbonyl (C=O) groups is 2. The lowest BCUT2D eigenvalue weighted by molar-refractivity contribution is -0.127. The SMILES string of the molecule is COc1ccc(NC(=O)c2ccc(F)cc2)cc1CN1CCC(C(=O)NC(C)(C)C)CC1. The highest BCUT2D eigenvalue weighted by Gasteiger charge is 2.27. The average Bonchev–Trinajstić information content (AvgIpc) is 2.74. The Hall–Kier alpha value is -2.93. The Morgan fingerprint density at radius 1 is 1.09 bits per heavy atom. The van der Waals surface area contributed by atoms with E-state index >= 15 is 0 Å². The van der Waals surface area contributed by atoms with Crippen molar-refractivity contribution in [3.63, 3.8) is 0 Å². The molecule has 1 aliphatic heterocycles. The summed E-state index contributed by atoms with van der Waals surface area (Å²) in [4.78, 5) is 27.2. The summed E-state index contributed by atoms with van der Waals surface area (Å²) < 4.78 is 18.6. The molecule has 0 atom stereocenters. The molecule has 2 N–H and O–H groups in total. The number of amides is 2. The van der Waals surface area contributed by atoms with E-state index < -0.39 is 0 Å². The topological polar surface area (TPSA) is 70.7 Å². The molecule has 1 heterocycles. The quantitative estimate of drug-likeness (QED) is 0.704. The zero-order chi connectivity index (χ0) is 23.3. The summed E-state index contributed by atoms with van der Waals surface area (Å²) in [6.45, 7) is 8.28. The first-order chi connectivity index (χ1) is 15.1. The molecule has 1 aliphatic rings.